The number of aliphatic hydroxyl groups is 1. The SMILES string of the molecule is O=C(NCC1CCOCC1)[C@@H]1C[C@@H](O)CN1C(=O)C1CCC(F)(F)CC1. The molecule has 0 aromatic rings. The molecule has 0 unspecified atom stereocenters. The van der Waals surface area contributed by atoms with Crippen LogP contribution in [0.15, 0.2) is 0 Å². The van der Waals surface area contributed by atoms with Crippen molar-refractivity contribution in [1.29, 1.82) is 0 Å². The van der Waals surface area contributed by atoms with Crippen molar-refractivity contribution in [2.45, 2.75) is 63.0 Å². The Morgan fingerprint density at radius 2 is 1.81 bits per heavy atom. The number of rotatable bonds is 4. The van der Waals surface area contributed by atoms with E-state index in [9.17, 15) is 23.5 Å². The summed E-state index contributed by atoms with van der Waals surface area (Å²) in [6.07, 6.45) is 0.931. The number of alkyl halides is 2. The summed E-state index contributed by atoms with van der Waals surface area (Å²) in [7, 11) is 0. The fourth-order valence-corrected chi connectivity index (χ4v) is 4.14. The molecule has 1 saturated carbocycles. The maximum absolute atomic E-state index is 13.3. The molecule has 2 aliphatic heterocycles. The molecule has 2 saturated heterocycles. The van der Waals surface area contributed by atoms with E-state index in [0.29, 0.717) is 25.7 Å². The lowest BCUT2D eigenvalue weighted by Crippen LogP contribution is -2.49. The molecule has 148 valence electrons. The zero-order valence-corrected chi connectivity index (χ0v) is 15.0. The van der Waals surface area contributed by atoms with E-state index < -0.39 is 24.0 Å². The Morgan fingerprint density at radius 3 is 2.46 bits per heavy atom. The van der Waals surface area contributed by atoms with Crippen molar-refractivity contribution < 1.29 is 28.2 Å². The van der Waals surface area contributed by atoms with Crippen LogP contribution >= 0.6 is 0 Å². The highest BCUT2D eigenvalue weighted by Crippen LogP contribution is 2.37. The van der Waals surface area contributed by atoms with E-state index in [1.165, 1.54) is 4.90 Å². The predicted octanol–water partition coefficient (Wildman–Crippen LogP) is 1.32. The highest BCUT2D eigenvalue weighted by molar-refractivity contribution is 5.89. The number of aliphatic hydroxyl groups excluding tert-OH is 1. The van der Waals surface area contributed by atoms with Crippen LogP contribution in [0.4, 0.5) is 8.78 Å². The second-order valence-electron chi connectivity index (χ2n) is 7.83. The molecule has 1 aliphatic carbocycles. The number of β-amino-alcohol motifs (C(OH)–C–C–N with tert-alkyl or cyclic N) is 1. The first-order chi connectivity index (χ1) is 12.4. The van der Waals surface area contributed by atoms with Gasteiger partial charge in [-0.15, -0.1) is 0 Å². The maximum atomic E-state index is 13.3. The average molecular weight is 374 g/mol. The first-order valence-electron chi connectivity index (χ1n) is 9.57. The number of carbonyl (C=O) groups is 2. The van der Waals surface area contributed by atoms with Gasteiger partial charge in [-0.1, -0.05) is 0 Å². The number of hydrogen-bond donors (Lipinski definition) is 2. The Kier molecular flexibility index (Phi) is 6.12. The van der Waals surface area contributed by atoms with Gasteiger partial charge in [-0.2, -0.15) is 0 Å². The molecule has 2 heterocycles. The molecule has 0 radical (unpaired) electrons. The van der Waals surface area contributed by atoms with Gasteiger partial charge in [-0.25, -0.2) is 8.78 Å². The minimum atomic E-state index is -2.69. The standard InChI is InChI=1S/C18H28F2N2O4/c19-18(20)5-1-13(2-6-18)17(25)22-11-14(23)9-15(22)16(24)21-10-12-3-7-26-8-4-12/h12-15,23H,1-11H2,(H,21,24)/t14-,15+/m1/s1. The highest BCUT2D eigenvalue weighted by Gasteiger charge is 2.44. The summed E-state index contributed by atoms with van der Waals surface area (Å²) in [5, 5.41) is 12.9. The number of likely N-dealkylation sites (tertiary alicyclic amines) is 1. The highest BCUT2D eigenvalue weighted by atomic mass is 19.3. The van der Waals surface area contributed by atoms with Crippen LogP contribution in [0.3, 0.4) is 0 Å². The van der Waals surface area contributed by atoms with E-state index in [1.54, 1.807) is 0 Å². The van der Waals surface area contributed by atoms with Gasteiger partial charge in [0.05, 0.1) is 6.10 Å². The van der Waals surface area contributed by atoms with Crippen molar-refractivity contribution in [2.75, 3.05) is 26.3 Å². The lowest BCUT2D eigenvalue weighted by Gasteiger charge is -2.32. The molecule has 0 spiro atoms. The van der Waals surface area contributed by atoms with Gasteiger partial charge >= 0.3 is 0 Å². The van der Waals surface area contributed by atoms with Crippen LogP contribution in [0.2, 0.25) is 0 Å². The summed E-state index contributed by atoms with van der Waals surface area (Å²) >= 11 is 0. The van der Waals surface area contributed by atoms with Crippen LogP contribution in [0.1, 0.15) is 44.9 Å². The van der Waals surface area contributed by atoms with Crippen molar-refractivity contribution in [3.63, 3.8) is 0 Å². The zero-order valence-electron chi connectivity index (χ0n) is 15.0. The van der Waals surface area contributed by atoms with Crippen molar-refractivity contribution in [3.05, 3.63) is 0 Å². The number of amides is 2. The van der Waals surface area contributed by atoms with Gasteiger partial charge in [-0.05, 0) is 31.6 Å². The van der Waals surface area contributed by atoms with Crippen LogP contribution < -0.4 is 5.32 Å². The fraction of sp³-hybridized carbons (Fsp3) is 0.889. The lowest BCUT2D eigenvalue weighted by atomic mass is 9.85. The van der Waals surface area contributed by atoms with Gasteiger partial charge < -0.3 is 20.1 Å². The molecule has 2 N–H and O–H groups in total. The smallest absolute Gasteiger partial charge is 0.248 e. The third kappa shape index (κ3) is 4.71. The van der Waals surface area contributed by atoms with Gasteiger partial charge in [0.15, 0.2) is 0 Å². The molecule has 2 amide bonds. The summed E-state index contributed by atoms with van der Waals surface area (Å²) in [6, 6.07) is -0.709. The largest absolute Gasteiger partial charge is 0.391 e. The molecule has 3 fully saturated rings. The molecule has 3 aliphatic rings. The van der Waals surface area contributed by atoms with Crippen molar-refractivity contribution >= 4 is 11.8 Å². The molecule has 8 heteroatoms. The third-order valence-corrected chi connectivity index (χ3v) is 5.84. The summed E-state index contributed by atoms with van der Waals surface area (Å²) in [5.74, 6) is -3.35. The first kappa shape index (κ1) is 19.5. The summed E-state index contributed by atoms with van der Waals surface area (Å²) in [5.41, 5.74) is 0. The minimum absolute atomic E-state index is 0.0983. The van der Waals surface area contributed by atoms with Crippen LogP contribution in [0.25, 0.3) is 0 Å². The van der Waals surface area contributed by atoms with E-state index in [-0.39, 0.29) is 50.5 Å². The van der Waals surface area contributed by atoms with Crippen LogP contribution in [-0.4, -0.2) is 66.2 Å². The van der Waals surface area contributed by atoms with Gasteiger partial charge in [0.2, 0.25) is 17.7 Å². The third-order valence-electron chi connectivity index (χ3n) is 5.84. The molecule has 6 nitrogen and oxygen atoms in total. The summed E-state index contributed by atoms with van der Waals surface area (Å²) < 4.78 is 31.9. The van der Waals surface area contributed by atoms with E-state index in [0.717, 1.165) is 12.8 Å². The molecule has 0 bridgehead atoms. The van der Waals surface area contributed by atoms with Crippen molar-refractivity contribution in [1.82, 2.24) is 10.2 Å². The number of nitrogens with one attached hydrogen (secondary N) is 1. The van der Waals surface area contributed by atoms with Crippen LogP contribution in [-0.2, 0) is 14.3 Å². The molecule has 2 atom stereocenters. The Hall–Kier alpha value is -1.28. The van der Waals surface area contributed by atoms with Gasteiger partial charge in [0.1, 0.15) is 6.04 Å². The second kappa shape index (κ2) is 8.17. The Balaban J connectivity index is 1.55. The Bertz CT molecular complexity index is 515. The Labute approximate surface area is 152 Å². The van der Waals surface area contributed by atoms with E-state index in [4.69, 9.17) is 4.74 Å². The van der Waals surface area contributed by atoms with Gasteiger partial charge in [0, 0.05) is 51.5 Å². The van der Waals surface area contributed by atoms with E-state index in [2.05, 4.69) is 5.32 Å². The number of halogens is 2. The van der Waals surface area contributed by atoms with Crippen LogP contribution in [0.5, 0.6) is 0 Å². The second-order valence-corrected chi connectivity index (χ2v) is 7.83. The number of nitrogens with zero attached hydrogens (tertiary/aromatic N) is 1. The average Bonchev–Trinajstić information content (AvgIpc) is 3.02. The predicted molar refractivity (Wildman–Crippen MR) is 89.6 cm³/mol. The maximum Gasteiger partial charge on any atom is 0.248 e. The van der Waals surface area contributed by atoms with E-state index >= 15 is 0 Å². The summed E-state index contributed by atoms with van der Waals surface area (Å²) in [4.78, 5) is 26.7. The quantitative estimate of drug-likeness (QED) is 0.778. The first-order valence-corrected chi connectivity index (χ1v) is 9.57. The lowest BCUT2D eigenvalue weighted by molar-refractivity contribution is -0.145. The number of carbonyl (C=O) groups excluding carboxylic acids is 2. The van der Waals surface area contributed by atoms with Gasteiger partial charge in [-0.3, -0.25) is 9.59 Å². The fourth-order valence-electron chi connectivity index (χ4n) is 4.14. The number of hydrogen-bond acceptors (Lipinski definition) is 4. The van der Waals surface area contributed by atoms with Crippen molar-refractivity contribution in [2.24, 2.45) is 11.8 Å². The molecular formula is C18H28F2N2O4. The zero-order chi connectivity index (χ0) is 18.7. The topological polar surface area (TPSA) is 78.9 Å². The Morgan fingerprint density at radius 1 is 1.15 bits per heavy atom. The molecule has 3 rings (SSSR count). The normalized spacial score (nSPS) is 30.3. The summed E-state index contributed by atoms with van der Waals surface area (Å²) in [6.45, 7) is 2.02. The van der Waals surface area contributed by atoms with Gasteiger partial charge in [0.25, 0.3) is 0 Å². The molecule has 0 aromatic carbocycles. The number of ether oxygens (including phenoxy) is 1. The molecular weight excluding hydrogens is 346 g/mol. The molecule has 0 aromatic heterocycles. The molecule has 26 heavy (non-hydrogen) atoms. The van der Waals surface area contributed by atoms with E-state index in [1.807, 2.05) is 0 Å². The van der Waals surface area contributed by atoms with Crippen LogP contribution in [0, 0.1) is 11.8 Å². The van der Waals surface area contributed by atoms with Crippen molar-refractivity contribution in [3.8, 4) is 0 Å². The monoisotopic (exact) mass is 374 g/mol. The minimum Gasteiger partial charge on any atom is -0.391 e.